The zero-order valence-corrected chi connectivity index (χ0v) is 9.87. The Labute approximate surface area is 90.8 Å². The number of hydrogen-bond acceptors (Lipinski definition) is 4. The molecule has 5 nitrogen and oxygen atoms in total. The van der Waals surface area contributed by atoms with Crippen molar-refractivity contribution in [3.05, 3.63) is 0 Å². The molecule has 0 unspecified atom stereocenters. The zero-order chi connectivity index (χ0) is 11.9. The third kappa shape index (κ3) is 8.20. The van der Waals surface area contributed by atoms with E-state index in [0.29, 0.717) is 6.61 Å². The number of aliphatic hydroxyl groups is 1. The van der Waals surface area contributed by atoms with Crippen LogP contribution in [0.15, 0.2) is 0 Å². The van der Waals surface area contributed by atoms with Crippen molar-refractivity contribution < 1.29 is 19.4 Å². The molecule has 15 heavy (non-hydrogen) atoms. The molecule has 0 heterocycles. The van der Waals surface area contributed by atoms with Crippen LogP contribution in [-0.4, -0.2) is 42.7 Å². The molecule has 1 atom stereocenters. The molecule has 5 heteroatoms. The molecule has 0 bridgehead atoms. The molecule has 0 spiro atoms. The van der Waals surface area contributed by atoms with Gasteiger partial charge in [-0.15, -0.1) is 0 Å². The van der Waals surface area contributed by atoms with Crippen LogP contribution in [0.3, 0.4) is 0 Å². The maximum absolute atomic E-state index is 11.3. The minimum Gasteiger partial charge on any atom is -0.444 e. The number of carbonyl (C=O) groups excluding carboxylic acids is 1. The number of alkyl carbamates (subject to hydrolysis) is 1. The highest BCUT2D eigenvalue weighted by Crippen LogP contribution is 2.06. The van der Waals surface area contributed by atoms with Crippen molar-refractivity contribution in [3.63, 3.8) is 0 Å². The predicted octanol–water partition coefficient (Wildman–Crippen LogP) is 0.908. The van der Waals surface area contributed by atoms with Crippen molar-refractivity contribution in [2.24, 2.45) is 0 Å². The molecule has 0 aliphatic carbocycles. The van der Waals surface area contributed by atoms with Crippen molar-refractivity contribution in [2.45, 2.75) is 39.3 Å². The zero-order valence-electron chi connectivity index (χ0n) is 9.87. The Morgan fingerprint density at radius 3 is 2.47 bits per heavy atom. The average molecular weight is 219 g/mol. The summed E-state index contributed by atoms with van der Waals surface area (Å²) in [6.45, 7) is 7.86. The van der Waals surface area contributed by atoms with Gasteiger partial charge in [0.2, 0.25) is 0 Å². The third-order valence-electron chi connectivity index (χ3n) is 1.46. The first-order valence-corrected chi connectivity index (χ1v) is 5.07. The normalized spacial score (nSPS) is 13.4. The first kappa shape index (κ1) is 14.2. The van der Waals surface area contributed by atoms with Gasteiger partial charge in [0.25, 0.3) is 0 Å². The minimum atomic E-state index is -0.541. The highest BCUT2D eigenvalue weighted by molar-refractivity contribution is 5.68. The van der Waals surface area contributed by atoms with E-state index in [1.54, 1.807) is 20.8 Å². The van der Waals surface area contributed by atoms with Crippen molar-refractivity contribution in [1.29, 1.82) is 0 Å². The number of amides is 1. The van der Waals surface area contributed by atoms with Crippen LogP contribution >= 0.6 is 0 Å². The van der Waals surface area contributed by atoms with Crippen LogP contribution in [-0.2, 0) is 9.47 Å². The molecule has 90 valence electrons. The molecular formula is C10H21NO4. The fourth-order valence-corrected chi connectivity index (χ4v) is 0.874. The molecular weight excluding hydrogens is 198 g/mol. The van der Waals surface area contributed by atoms with Gasteiger partial charge in [-0.1, -0.05) is 0 Å². The highest BCUT2D eigenvalue weighted by atomic mass is 16.6. The first-order chi connectivity index (χ1) is 6.89. The summed E-state index contributed by atoms with van der Waals surface area (Å²) in [7, 11) is 0. The Balaban J connectivity index is 3.91. The number of ether oxygens (including phenoxy) is 2. The summed E-state index contributed by atoms with van der Waals surface area (Å²) in [5.41, 5.74) is -0.532. The molecule has 0 aliphatic heterocycles. The number of carbonyl (C=O) groups is 1. The van der Waals surface area contributed by atoms with Gasteiger partial charge in [-0.25, -0.2) is 4.79 Å². The molecule has 2 N–H and O–H groups in total. The van der Waals surface area contributed by atoms with Crippen molar-refractivity contribution in [3.8, 4) is 0 Å². The van der Waals surface area contributed by atoms with E-state index in [0.717, 1.165) is 0 Å². The van der Waals surface area contributed by atoms with Gasteiger partial charge >= 0.3 is 6.09 Å². The van der Waals surface area contributed by atoms with Crippen LogP contribution in [0.1, 0.15) is 27.7 Å². The fraction of sp³-hybridized carbons (Fsp3) is 0.900. The number of rotatable bonds is 5. The molecule has 0 aliphatic rings. The summed E-state index contributed by atoms with van der Waals surface area (Å²) >= 11 is 0. The maximum atomic E-state index is 11.3. The molecule has 0 saturated heterocycles. The lowest BCUT2D eigenvalue weighted by molar-refractivity contribution is 0.0398. The second kappa shape index (κ2) is 6.63. The Morgan fingerprint density at radius 2 is 2.07 bits per heavy atom. The summed E-state index contributed by atoms with van der Waals surface area (Å²) in [6.07, 6.45) is -0.541. The molecule has 0 radical (unpaired) electrons. The van der Waals surface area contributed by atoms with E-state index in [1.807, 2.05) is 6.92 Å². The number of aliphatic hydroxyl groups excluding tert-OH is 1. The summed E-state index contributed by atoms with van der Waals surface area (Å²) in [4.78, 5) is 11.3. The van der Waals surface area contributed by atoms with Gasteiger partial charge in [-0.3, -0.25) is 0 Å². The van der Waals surface area contributed by atoms with Gasteiger partial charge < -0.3 is 19.9 Å². The maximum Gasteiger partial charge on any atom is 0.408 e. The van der Waals surface area contributed by atoms with Gasteiger partial charge in [0.15, 0.2) is 0 Å². The van der Waals surface area contributed by atoms with Gasteiger partial charge in [0, 0.05) is 6.61 Å². The van der Waals surface area contributed by atoms with Crippen LogP contribution in [0, 0.1) is 0 Å². The highest BCUT2D eigenvalue weighted by Gasteiger charge is 2.18. The van der Waals surface area contributed by atoms with Gasteiger partial charge in [-0.05, 0) is 27.7 Å². The fourth-order valence-electron chi connectivity index (χ4n) is 0.874. The molecule has 1 amide bonds. The Hall–Kier alpha value is -0.810. The quantitative estimate of drug-likeness (QED) is 0.721. The van der Waals surface area contributed by atoms with E-state index < -0.39 is 17.7 Å². The second-order valence-corrected chi connectivity index (χ2v) is 4.19. The summed E-state index contributed by atoms with van der Waals surface area (Å²) in [5, 5.41) is 11.5. The minimum absolute atomic E-state index is 0.167. The van der Waals surface area contributed by atoms with Crippen molar-refractivity contribution >= 4 is 6.09 Å². The summed E-state index contributed by atoms with van der Waals surface area (Å²) < 4.78 is 10.1. The van der Waals surface area contributed by atoms with Crippen molar-refractivity contribution in [2.75, 3.05) is 19.8 Å². The van der Waals surface area contributed by atoms with E-state index in [1.165, 1.54) is 0 Å². The van der Waals surface area contributed by atoms with Crippen LogP contribution in [0.2, 0.25) is 0 Å². The van der Waals surface area contributed by atoms with Crippen LogP contribution in [0.5, 0.6) is 0 Å². The van der Waals surface area contributed by atoms with Gasteiger partial charge in [0.05, 0.1) is 19.3 Å². The molecule has 0 aromatic heterocycles. The number of nitrogens with one attached hydrogen (secondary N) is 1. The second-order valence-electron chi connectivity index (χ2n) is 4.19. The Kier molecular flexibility index (Phi) is 6.27. The van der Waals surface area contributed by atoms with E-state index in [9.17, 15) is 4.79 Å². The lowest BCUT2D eigenvalue weighted by Gasteiger charge is -2.22. The van der Waals surface area contributed by atoms with E-state index in [4.69, 9.17) is 14.6 Å². The van der Waals surface area contributed by atoms with E-state index in [2.05, 4.69) is 5.32 Å². The van der Waals surface area contributed by atoms with E-state index >= 15 is 0 Å². The predicted molar refractivity (Wildman–Crippen MR) is 56.7 cm³/mol. The van der Waals surface area contributed by atoms with Crippen LogP contribution < -0.4 is 5.32 Å². The standard InChI is InChI=1S/C10H21NO4/c1-5-14-7-8(6-12)11-9(13)15-10(2,3)4/h8,12H,5-7H2,1-4H3,(H,11,13)/t8-/m0/s1. The number of hydrogen-bond donors (Lipinski definition) is 2. The van der Waals surface area contributed by atoms with Crippen LogP contribution in [0.25, 0.3) is 0 Å². The Bertz CT molecular complexity index is 188. The molecule has 0 rings (SSSR count). The lowest BCUT2D eigenvalue weighted by Crippen LogP contribution is -2.43. The molecule has 0 aromatic carbocycles. The van der Waals surface area contributed by atoms with Crippen LogP contribution in [0.4, 0.5) is 4.79 Å². The topological polar surface area (TPSA) is 67.8 Å². The molecule has 0 fully saturated rings. The smallest absolute Gasteiger partial charge is 0.408 e. The summed E-state index contributed by atoms with van der Waals surface area (Å²) in [5.74, 6) is 0. The van der Waals surface area contributed by atoms with E-state index in [-0.39, 0.29) is 13.2 Å². The lowest BCUT2D eigenvalue weighted by atomic mass is 10.2. The molecule has 0 saturated carbocycles. The van der Waals surface area contributed by atoms with Crippen molar-refractivity contribution in [1.82, 2.24) is 5.32 Å². The van der Waals surface area contributed by atoms with Gasteiger partial charge in [0.1, 0.15) is 5.60 Å². The first-order valence-electron chi connectivity index (χ1n) is 5.07. The molecule has 0 aromatic rings. The average Bonchev–Trinajstić information content (AvgIpc) is 2.09. The Morgan fingerprint density at radius 1 is 1.47 bits per heavy atom. The SMILES string of the molecule is CCOC[C@H](CO)NC(=O)OC(C)(C)C. The third-order valence-corrected chi connectivity index (χ3v) is 1.46. The van der Waals surface area contributed by atoms with Gasteiger partial charge in [-0.2, -0.15) is 0 Å². The summed E-state index contributed by atoms with van der Waals surface area (Å²) in [6, 6.07) is -0.417. The largest absolute Gasteiger partial charge is 0.444 e. The monoisotopic (exact) mass is 219 g/mol.